The van der Waals surface area contributed by atoms with Crippen LogP contribution in [0.25, 0.3) is 0 Å². The van der Waals surface area contributed by atoms with Crippen LogP contribution in [0.15, 0.2) is 0 Å². The summed E-state index contributed by atoms with van der Waals surface area (Å²) in [6.07, 6.45) is 2.46. The zero-order valence-corrected chi connectivity index (χ0v) is 21.9. The molecular formula is C20H44O14. The van der Waals surface area contributed by atoms with Crippen molar-refractivity contribution < 1.29 is 69.9 Å². The summed E-state index contributed by atoms with van der Waals surface area (Å²) in [4.78, 5) is 45.6. The molecule has 1 heterocycles. The molecule has 1 aliphatic rings. The first-order valence-electron chi connectivity index (χ1n) is 11.1. The summed E-state index contributed by atoms with van der Waals surface area (Å²) in [5, 5.41) is 33.0. The van der Waals surface area contributed by atoms with Gasteiger partial charge in [0.2, 0.25) is 28.9 Å². The van der Waals surface area contributed by atoms with Crippen LogP contribution in [0.5, 0.6) is 0 Å². The van der Waals surface area contributed by atoms with Gasteiger partial charge >= 0.3 is 0 Å². The minimum absolute atomic E-state index is 0.370. The fraction of sp³-hybridized carbons (Fsp3) is 1.00. The van der Waals surface area contributed by atoms with Crippen LogP contribution in [0.4, 0.5) is 0 Å². The summed E-state index contributed by atoms with van der Waals surface area (Å²) >= 11 is 0. The van der Waals surface area contributed by atoms with Gasteiger partial charge < -0.3 is 0 Å². The van der Waals surface area contributed by atoms with E-state index in [9.17, 15) is 0 Å². The van der Waals surface area contributed by atoms with E-state index >= 15 is 0 Å². The molecule has 4 N–H and O–H groups in total. The standard InChI is InChI=1S/C8H18O6.C8H16O4.C4H10O4/c1-5-7(3,11-9)13-14-8(4,6-2)12-10;1-5-7(3)9-11-8(4,6-2)12-10-7;1-3-4(2,7-5)8-6/h9-10H,5-6H2,1-4H3;5-6H2,1-4H3;5-6H,3H2,1-2H3. The van der Waals surface area contributed by atoms with E-state index in [1.165, 1.54) is 20.8 Å². The Morgan fingerprint density at radius 3 is 0.882 bits per heavy atom. The minimum Gasteiger partial charge on any atom is -0.249 e. The molecule has 0 aromatic rings. The Morgan fingerprint density at radius 2 is 0.765 bits per heavy atom. The highest BCUT2D eigenvalue weighted by Crippen LogP contribution is 2.31. The van der Waals surface area contributed by atoms with Crippen LogP contribution >= 0.6 is 0 Å². The number of hydrogen-bond acceptors (Lipinski definition) is 14. The predicted molar refractivity (Wildman–Crippen MR) is 115 cm³/mol. The third-order valence-corrected chi connectivity index (χ3v) is 5.17. The molecule has 1 saturated heterocycles. The van der Waals surface area contributed by atoms with Crippen molar-refractivity contribution in [3.63, 3.8) is 0 Å². The zero-order valence-electron chi connectivity index (χ0n) is 21.9. The molecule has 0 spiro atoms. The van der Waals surface area contributed by atoms with Crippen LogP contribution in [0.1, 0.15) is 101 Å². The first-order chi connectivity index (χ1) is 15.7. The molecular weight excluding hydrogens is 464 g/mol. The largest absolute Gasteiger partial charge is 0.249 e. The van der Waals surface area contributed by atoms with Gasteiger partial charge in [-0.15, -0.1) is 0 Å². The van der Waals surface area contributed by atoms with Gasteiger partial charge in [0.15, 0.2) is 0 Å². The second kappa shape index (κ2) is 16.2. The molecule has 0 bridgehead atoms. The molecule has 1 fully saturated rings. The topological polar surface area (TPSA) is 173 Å². The Morgan fingerprint density at radius 1 is 0.529 bits per heavy atom. The maximum atomic E-state index is 8.52. The van der Waals surface area contributed by atoms with Crippen molar-refractivity contribution in [2.45, 2.75) is 130 Å². The van der Waals surface area contributed by atoms with E-state index in [1.807, 2.05) is 13.8 Å². The second-order valence-electron chi connectivity index (χ2n) is 8.30. The molecule has 208 valence electrons. The first kappa shape index (κ1) is 35.6. The average molecular weight is 509 g/mol. The van der Waals surface area contributed by atoms with E-state index in [-0.39, 0.29) is 0 Å². The van der Waals surface area contributed by atoms with Gasteiger partial charge in [0.05, 0.1) is 0 Å². The fourth-order valence-corrected chi connectivity index (χ4v) is 1.22. The highest BCUT2D eigenvalue weighted by atomic mass is 17.4. The molecule has 14 nitrogen and oxygen atoms in total. The van der Waals surface area contributed by atoms with E-state index < -0.39 is 28.9 Å². The Bertz CT molecular complexity index is 453. The first-order valence-corrected chi connectivity index (χ1v) is 11.1. The van der Waals surface area contributed by atoms with Crippen molar-refractivity contribution in [2.24, 2.45) is 0 Å². The molecule has 2 unspecified atom stereocenters. The fourth-order valence-electron chi connectivity index (χ4n) is 1.22. The number of rotatable bonds is 12. The number of hydrogen-bond donors (Lipinski definition) is 4. The Hall–Kier alpha value is -0.560. The van der Waals surface area contributed by atoms with Crippen LogP contribution in [-0.4, -0.2) is 50.0 Å². The molecule has 0 aromatic heterocycles. The SMILES string of the molecule is CCC(C)(OO)OO.CCC(C)(OO)OOC(C)(CC)OO.CCC1(C)OOC(C)(CC)OO1. The molecule has 0 saturated carbocycles. The molecule has 0 aliphatic carbocycles. The molecule has 1 aliphatic heterocycles. The lowest BCUT2D eigenvalue weighted by molar-refractivity contribution is -0.651. The van der Waals surface area contributed by atoms with Crippen molar-refractivity contribution in [1.29, 1.82) is 0 Å². The molecule has 14 heteroatoms. The second-order valence-corrected chi connectivity index (χ2v) is 8.30. The lowest BCUT2D eigenvalue weighted by Crippen LogP contribution is -2.47. The summed E-state index contributed by atoms with van der Waals surface area (Å²) < 4.78 is 0. The third kappa shape index (κ3) is 12.9. The van der Waals surface area contributed by atoms with Gasteiger partial charge in [-0.3, -0.25) is 0 Å². The van der Waals surface area contributed by atoms with Crippen molar-refractivity contribution >= 4 is 0 Å². The maximum absolute atomic E-state index is 8.52. The summed E-state index contributed by atoms with van der Waals surface area (Å²) in [6.45, 7) is 17.0. The van der Waals surface area contributed by atoms with Gasteiger partial charge in [-0.25, -0.2) is 40.6 Å². The summed E-state index contributed by atoms with van der Waals surface area (Å²) in [5.74, 6) is -5.34. The predicted octanol–water partition coefficient (Wildman–Crippen LogP) is 5.41. The monoisotopic (exact) mass is 508 g/mol. The van der Waals surface area contributed by atoms with Crippen LogP contribution in [0, 0.1) is 0 Å². The van der Waals surface area contributed by atoms with Gasteiger partial charge in [-0.05, 0) is 34.6 Å². The Balaban J connectivity index is 0. The zero-order chi connectivity index (χ0) is 27.1. The van der Waals surface area contributed by atoms with Crippen LogP contribution < -0.4 is 0 Å². The van der Waals surface area contributed by atoms with Crippen molar-refractivity contribution in [1.82, 2.24) is 0 Å². The van der Waals surface area contributed by atoms with Gasteiger partial charge in [-0.2, -0.15) is 29.3 Å². The van der Waals surface area contributed by atoms with Gasteiger partial charge in [0.1, 0.15) is 0 Å². The molecule has 0 aromatic carbocycles. The average Bonchev–Trinajstić information content (AvgIpc) is 2.89. The molecule has 34 heavy (non-hydrogen) atoms. The van der Waals surface area contributed by atoms with E-state index in [1.54, 1.807) is 34.6 Å². The normalized spacial score (nSPS) is 26.3. The quantitative estimate of drug-likeness (QED) is 0.150. The van der Waals surface area contributed by atoms with Crippen LogP contribution in [0.3, 0.4) is 0 Å². The lowest BCUT2D eigenvalue weighted by Gasteiger charge is -2.38. The summed E-state index contributed by atoms with van der Waals surface area (Å²) in [7, 11) is 0. The van der Waals surface area contributed by atoms with Gasteiger partial charge in [-0.1, -0.05) is 34.6 Å². The summed E-state index contributed by atoms with van der Waals surface area (Å²) in [6, 6.07) is 0. The molecule has 2 atom stereocenters. The van der Waals surface area contributed by atoms with E-state index in [0.717, 1.165) is 0 Å². The maximum Gasteiger partial charge on any atom is 0.231 e. The highest BCUT2D eigenvalue weighted by Gasteiger charge is 2.41. The molecule has 0 radical (unpaired) electrons. The van der Waals surface area contributed by atoms with E-state index in [2.05, 4.69) is 19.6 Å². The summed E-state index contributed by atoms with van der Waals surface area (Å²) in [5.41, 5.74) is 0. The van der Waals surface area contributed by atoms with Gasteiger partial charge in [0, 0.05) is 32.1 Å². The third-order valence-electron chi connectivity index (χ3n) is 5.17. The lowest BCUT2D eigenvalue weighted by atomic mass is 10.2. The van der Waals surface area contributed by atoms with E-state index in [0.29, 0.717) is 32.1 Å². The van der Waals surface area contributed by atoms with Gasteiger partial charge in [0.25, 0.3) is 0 Å². The van der Waals surface area contributed by atoms with Crippen LogP contribution in [0.2, 0.25) is 0 Å². The minimum atomic E-state index is -1.27. The van der Waals surface area contributed by atoms with E-state index in [4.69, 9.17) is 50.4 Å². The smallest absolute Gasteiger partial charge is 0.231 e. The van der Waals surface area contributed by atoms with Crippen molar-refractivity contribution in [2.75, 3.05) is 0 Å². The molecule has 1 rings (SSSR count). The molecule has 0 amide bonds. The van der Waals surface area contributed by atoms with Crippen molar-refractivity contribution in [3.05, 3.63) is 0 Å². The highest BCUT2D eigenvalue weighted by molar-refractivity contribution is 4.62. The van der Waals surface area contributed by atoms with Crippen LogP contribution in [-0.2, 0) is 48.9 Å². The Kier molecular flexibility index (Phi) is 17.0. The Labute approximate surface area is 200 Å². The van der Waals surface area contributed by atoms with Crippen molar-refractivity contribution in [3.8, 4) is 0 Å².